The van der Waals surface area contributed by atoms with Crippen LogP contribution < -0.4 is 5.32 Å². The van der Waals surface area contributed by atoms with Gasteiger partial charge in [0.2, 0.25) is 0 Å². The van der Waals surface area contributed by atoms with Crippen molar-refractivity contribution >= 4 is 16.5 Å². The molecule has 1 aromatic heterocycles. The highest BCUT2D eigenvalue weighted by atomic mass is 14.9. The Hall–Kier alpha value is -2.32. The summed E-state index contributed by atoms with van der Waals surface area (Å²) in [6, 6.07) is 20.2. The highest BCUT2D eigenvalue weighted by molar-refractivity contribution is 5.85. The summed E-state index contributed by atoms with van der Waals surface area (Å²) in [5, 5.41) is 5.23. The molecule has 2 aromatic carbocycles. The van der Waals surface area contributed by atoms with Crippen molar-refractivity contribution in [2.45, 2.75) is 44.6 Å². The van der Waals surface area contributed by atoms with Crippen LogP contribution in [0.3, 0.4) is 0 Å². The van der Waals surface area contributed by atoms with Gasteiger partial charge in [0.15, 0.2) is 0 Å². The molecule has 2 atom stereocenters. The molecule has 2 heteroatoms. The molecule has 0 amide bonds. The van der Waals surface area contributed by atoms with Gasteiger partial charge in [-0.3, -0.25) is 0 Å². The molecule has 27 heavy (non-hydrogen) atoms. The first-order valence-electron chi connectivity index (χ1n) is 10.2. The average molecular weight is 357 g/mol. The quantitative estimate of drug-likeness (QED) is 0.627. The summed E-state index contributed by atoms with van der Waals surface area (Å²) in [5.41, 5.74) is 7.36. The monoisotopic (exact) mass is 356 g/mol. The van der Waals surface area contributed by atoms with Crippen LogP contribution in [0.25, 0.3) is 16.5 Å². The fourth-order valence-electron chi connectivity index (χ4n) is 5.31. The second kappa shape index (κ2) is 6.38. The third-order valence-corrected chi connectivity index (χ3v) is 6.61. The minimum absolute atomic E-state index is 0.188. The lowest BCUT2D eigenvalue weighted by Crippen LogP contribution is -2.44. The van der Waals surface area contributed by atoms with Gasteiger partial charge in [0, 0.05) is 34.6 Å². The molecule has 0 saturated heterocycles. The summed E-state index contributed by atoms with van der Waals surface area (Å²) in [7, 11) is 0. The smallest absolute Gasteiger partial charge is 0.0459 e. The Balaban J connectivity index is 1.46. The number of rotatable bonds is 2. The van der Waals surface area contributed by atoms with E-state index in [1.165, 1.54) is 40.6 Å². The predicted molar refractivity (Wildman–Crippen MR) is 114 cm³/mol. The maximum Gasteiger partial charge on any atom is 0.0459 e. The molecule has 0 saturated carbocycles. The SMILES string of the molecule is CC1(C)CC(C2CC(c3ccccc3)=CCN2)Cc2c1[nH]c1ccccc21. The molecule has 5 rings (SSSR count). The molecular weight excluding hydrogens is 328 g/mol. The Morgan fingerprint density at radius 1 is 0.926 bits per heavy atom. The molecule has 0 bridgehead atoms. The number of benzene rings is 2. The topological polar surface area (TPSA) is 27.8 Å². The summed E-state index contributed by atoms with van der Waals surface area (Å²) in [5.74, 6) is 0.666. The molecule has 0 radical (unpaired) electrons. The van der Waals surface area contributed by atoms with Crippen molar-refractivity contribution in [3.63, 3.8) is 0 Å². The molecule has 2 unspecified atom stereocenters. The number of aromatic amines is 1. The van der Waals surface area contributed by atoms with Gasteiger partial charge >= 0.3 is 0 Å². The third-order valence-electron chi connectivity index (χ3n) is 6.61. The van der Waals surface area contributed by atoms with Crippen LogP contribution in [0.1, 0.15) is 43.5 Å². The minimum Gasteiger partial charge on any atom is -0.358 e. The number of fused-ring (bicyclic) bond motifs is 3. The summed E-state index contributed by atoms with van der Waals surface area (Å²) in [4.78, 5) is 3.73. The van der Waals surface area contributed by atoms with E-state index in [2.05, 4.69) is 84.8 Å². The van der Waals surface area contributed by atoms with Crippen molar-refractivity contribution in [1.29, 1.82) is 0 Å². The zero-order valence-electron chi connectivity index (χ0n) is 16.3. The molecule has 0 fully saturated rings. The van der Waals surface area contributed by atoms with Crippen LogP contribution in [0.5, 0.6) is 0 Å². The van der Waals surface area contributed by atoms with Gasteiger partial charge in [0.05, 0.1) is 0 Å². The van der Waals surface area contributed by atoms with Gasteiger partial charge in [0.1, 0.15) is 0 Å². The average Bonchev–Trinajstić information content (AvgIpc) is 3.08. The molecule has 3 aromatic rings. The van der Waals surface area contributed by atoms with E-state index in [1.54, 1.807) is 5.56 Å². The lowest BCUT2D eigenvalue weighted by Gasteiger charge is -2.41. The van der Waals surface area contributed by atoms with Gasteiger partial charge in [-0.25, -0.2) is 0 Å². The first-order chi connectivity index (χ1) is 13.1. The van der Waals surface area contributed by atoms with E-state index in [9.17, 15) is 0 Å². The fourth-order valence-corrected chi connectivity index (χ4v) is 5.31. The normalized spacial score (nSPS) is 24.4. The number of hydrogen-bond donors (Lipinski definition) is 2. The Morgan fingerprint density at radius 3 is 2.56 bits per heavy atom. The van der Waals surface area contributed by atoms with Crippen molar-refractivity contribution in [3.05, 3.63) is 77.5 Å². The fraction of sp³-hybridized carbons (Fsp3) is 0.360. The Bertz CT molecular complexity index is 994. The highest BCUT2D eigenvalue weighted by Crippen LogP contribution is 2.44. The van der Waals surface area contributed by atoms with Gasteiger partial charge in [-0.2, -0.15) is 0 Å². The van der Waals surface area contributed by atoms with Crippen molar-refractivity contribution in [2.75, 3.05) is 6.54 Å². The third kappa shape index (κ3) is 2.93. The molecular formula is C25H28N2. The van der Waals surface area contributed by atoms with Crippen molar-refractivity contribution in [2.24, 2.45) is 5.92 Å². The van der Waals surface area contributed by atoms with E-state index < -0.39 is 0 Å². The van der Waals surface area contributed by atoms with Crippen LogP contribution >= 0.6 is 0 Å². The number of aromatic nitrogens is 1. The molecule has 2 nitrogen and oxygen atoms in total. The van der Waals surface area contributed by atoms with Crippen LogP contribution in [0.15, 0.2) is 60.7 Å². The van der Waals surface area contributed by atoms with Crippen molar-refractivity contribution < 1.29 is 0 Å². The summed E-state index contributed by atoms with van der Waals surface area (Å²) in [6.45, 7) is 5.79. The molecule has 2 heterocycles. The van der Waals surface area contributed by atoms with Crippen LogP contribution in [0.2, 0.25) is 0 Å². The first kappa shape index (κ1) is 16.8. The van der Waals surface area contributed by atoms with Crippen LogP contribution in [0, 0.1) is 5.92 Å². The molecule has 2 aliphatic rings. The van der Waals surface area contributed by atoms with Crippen molar-refractivity contribution in [3.8, 4) is 0 Å². The summed E-state index contributed by atoms with van der Waals surface area (Å²) < 4.78 is 0. The maximum absolute atomic E-state index is 3.81. The minimum atomic E-state index is 0.188. The van der Waals surface area contributed by atoms with Gasteiger partial charge < -0.3 is 10.3 Å². The summed E-state index contributed by atoms with van der Waals surface area (Å²) >= 11 is 0. The standard InChI is InChI=1S/C25H28N2/c1-25(2)16-19(14-21-20-10-6-7-11-22(20)27-24(21)25)23-15-18(12-13-26-23)17-8-4-3-5-9-17/h3-12,19,23,26-27H,13-16H2,1-2H3. The predicted octanol–water partition coefficient (Wildman–Crippen LogP) is 5.45. The molecule has 1 aliphatic carbocycles. The van der Waals surface area contributed by atoms with Crippen LogP contribution in [0.4, 0.5) is 0 Å². The second-order valence-electron chi connectivity index (χ2n) is 8.89. The maximum atomic E-state index is 3.81. The van der Waals surface area contributed by atoms with E-state index in [-0.39, 0.29) is 5.41 Å². The molecule has 1 aliphatic heterocycles. The van der Waals surface area contributed by atoms with Gasteiger partial charge in [-0.15, -0.1) is 0 Å². The largest absolute Gasteiger partial charge is 0.358 e. The lowest BCUT2D eigenvalue weighted by molar-refractivity contribution is 0.257. The van der Waals surface area contributed by atoms with E-state index >= 15 is 0 Å². The van der Waals surface area contributed by atoms with Crippen LogP contribution in [-0.2, 0) is 11.8 Å². The highest BCUT2D eigenvalue weighted by Gasteiger charge is 2.39. The number of para-hydroxylation sites is 1. The van der Waals surface area contributed by atoms with E-state index in [0.717, 1.165) is 13.0 Å². The molecule has 0 spiro atoms. The van der Waals surface area contributed by atoms with E-state index in [0.29, 0.717) is 12.0 Å². The molecule has 2 N–H and O–H groups in total. The Kier molecular flexibility index (Phi) is 3.98. The molecule has 138 valence electrons. The zero-order valence-corrected chi connectivity index (χ0v) is 16.3. The number of hydrogen-bond acceptors (Lipinski definition) is 1. The lowest BCUT2D eigenvalue weighted by atomic mass is 9.68. The van der Waals surface area contributed by atoms with E-state index in [4.69, 9.17) is 0 Å². The second-order valence-corrected chi connectivity index (χ2v) is 8.89. The van der Waals surface area contributed by atoms with Crippen molar-refractivity contribution in [1.82, 2.24) is 10.3 Å². The van der Waals surface area contributed by atoms with E-state index in [1.807, 2.05) is 0 Å². The Morgan fingerprint density at radius 2 is 1.70 bits per heavy atom. The van der Waals surface area contributed by atoms with Gasteiger partial charge in [-0.1, -0.05) is 68.5 Å². The first-order valence-corrected chi connectivity index (χ1v) is 10.2. The Labute approximate surface area is 161 Å². The number of H-pyrrole nitrogens is 1. The van der Waals surface area contributed by atoms with Crippen LogP contribution in [-0.4, -0.2) is 17.6 Å². The van der Waals surface area contributed by atoms with Gasteiger partial charge in [-0.05, 0) is 47.9 Å². The zero-order chi connectivity index (χ0) is 18.4. The summed E-state index contributed by atoms with van der Waals surface area (Å²) in [6.07, 6.45) is 5.90. The van der Waals surface area contributed by atoms with Gasteiger partial charge in [0.25, 0.3) is 0 Å². The number of nitrogens with one attached hydrogen (secondary N) is 2.